The van der Waals surface area contributed by atoms with Crippen molar-refractivity contribution in [3.63, 3.8) is 0 Å². The molecule has 2 aromatic rings. The molecule has 0 saturated heterocycles. The van der Waals surface area contributed by atoms with Crippen LogP contribution in [0, 0.1) is 3.57 Å². The molecule has 0 saturated carbocycles. The number of esters is 1. The summed E-state index contributed by atoms with van der Waals surface area (Å²) in [6.07, 6.45) is 2.21. The zero-order valence-electron chi connectivity index (χ0n) is 10.3. The first-order chi connectivity index (χ1) is 9.17. The van der Waals surface area contributed by atoms with Gasteiger partial charge in [-0.25, -0.2) is 4.79 Å². The highest BCUT2D eigenvalue weighted by Gasteiger charge is 2.19. The van der Waals surface area contributed by atoms with Crippen molar-refractivity contribution in [2.75, 3.05) is 6.61 Å². The van der Waals surface area contributed by atoms with E-state index in [-0.39, 0.29) is 0 Å². The molecule has 0 fully saturated rings. The molecule has 5 heteroatoms. The lowest BCUT2D eigenvalue weighted by molar-refractivity contribution is 0.0527. The van der Waals surface area contributed by atoms with Gasteiger partial charge in [-0.2, -0.15) is 0 Å². The van der Waals surface area contributed by atoms with E-state index in [9.17, 15) is 9.59 Å². The van der Waals surface area contributed by atoms with Crippen molar-refractivity contribution in [1.82, 2.24) is 4.98 Å². The summed E-state index contributed by atoms with van der Waals surface area (Å²) in [6, 6.07) is 7.60. The van der Waals surface area contributed by atoms with Crippen molar-refractivity contribution in [3.05, 3.63) is 45.3 Å². The van der Waals surface area contributed by atoms with Crippen LogP contribution in [0.1, 0.15) is 27.8 Å². The third kappa shape index (κ3) is 2.86. The summed E-state index contributed by atoms with van der Waals surface area (Å²) in [5.41, 5.74) is 2.16. The Hall–Kier alpha value is -1.63. The van der Waals surface area contributed by atoms with Gasteiger partial charge in [0.1, 0.15) is 0 Å². The summed E-state index contributed by atoms with van der Waals surface area (Å²) >= 11 is 2.20. The van der Waals surface area contributed by atoms with E-state index in [0.29, 0.717) is 29.7 Å². The third-order valence-electron chi connectivity index (χ3n) is 2.66. The highest BCUT2D eigenvalue weighted by Crippen LogP contribution is 2.28. The van der Waals surface area contributed by atoms with Gasteiger partial charge < -0.3 is 9.72 Å². The number of aromatic amines is 1. The predicted octanol–water partition coefficient (Wildman–Crippen LogP) is 3.28. The second kappa shape index (κ2) is 6.01. The molecule has 19 heavy (non-hydrogen) atoms. The Balaban J connectivity index is 2.53. The Bertz CT molecular complexity index is 602. The Morgan fingerprint density at radius 3 is 2.63 bits per heavy atom. The number of aldehydes is 1. The van der Waals surface area contributed by atoms with Crippen LogP contribution in [0.3, 0.4) is 0 Å². The van der Waals surface area contributed by atoms with Crippen LogP contribution in [-0.2, 0) is 4.74 Å². The van der Waals surface area contributed by atoms with E-state index in [4.69, 9.17) is 4.74 Å². The largest absolute Gasteiger partial charge is 0.462 e. The minimum atomic E-state index is -0.430. The highest BCUT2D eigenvalue weighted by atomic mass is 127. The zero-order valence-corrected chi connectivity index (χ0v) is 12.4. The van der Waals surface area contributed by atoms with Gasteiger partial charge in [0, 0.05) is 15.3 Å². The number of ether oxygens (including phenoxy) is 1. The number of hydrogen-bond donors (Lipinski definition) is 1. The number of nitrogens with one attached hydrogen (secondary N) is 1. The molecule has 0 aliphatic carbocycles. The Morgan fingerprint density at radius 2 is 2.05 bits per heavy atom. The molecule has 4 nitrogen and oxygen atoms in total. The minimum Gasteiger partial charge on any atom is -0.462 e. The lowest BCUT2D eigenvalue weighted by atomic mass is 10.0. The van der Waals surface area contributed by atoms with Crippen molar-refractivity contribution in [2.24, 2.45) is 0 Å². The van der Waals surface area contributed by atoms with Crippen molar-refractivity contribution in [3.8, 4) is 11.1 Å². The molecule has 1 heterocycles. The number of halogens is 1. The van der Waals surface area contributed by atoms with Crippen LogP contribution in [0.4, 0.5) is 0 Å². The lowest BCUT2D eigenvalue weighted by Gasteiger charge is -2.05. The summed E-state index contributed by atoms with van der Waals surface area (Å²) in [4.78, 5) is 25.8. The second-order valence-corrected chi connectivity index (χ2v) is 5.08. The Kier molecular flexibility index (Phi) is 4.36. The van der Waals surface area contributed by atoms with Crippen LogP contribution in [0.15, 0.2) is 30.5 Å². The van der Waals surface area contributed by atoms with E-state index in [0.717, 1.165) is 9.13 Å². The quantitative estimate of drug-likeness (QED) is 0.511. The van der Waals surface area contributed by atoms with Gasteiger partial charge in [-0.3, -0.25) is 4.79 Å². The molecule has 0 aliphatic heterocycles. The molecule has 1 aromatic heterocycles. The summed E-state index contributed by atoms with van der Waals surface area (Å²) in [6.45, 7) is 2.04. The highest BCUT2D eigenvalue weighted by molar-refractivity contribution is 14.1. The van der Waals surface area contributed by atoms with Gasteiger partial charge in [0.15, 0.2) is 6.29 Å². The molecule has 98 valence electrons. The number of aromatic nitrogens is 1. The number of carbonyl (C=O) groups excluding carboxylic acids is 2. The first-order valence-corrected chi connectivity index (χ1v) is 6.84. The maximum atomic E-state index is 11.9. The summed E-state index contributed by atoms with van der Waals surface area (Å²) in [7, 11) is 0. The van der Waals surface area contributed by atoms with Crippen LogP contribution in [-0.4, -0.2) is 23.8 Å². The molecule has 1 aromatic carbocycles. The van der Waals surface area contributed by atoms with Gasteiger partial charge in [-0.05, 0) is 47.2 Å². The minimum absolute atomic E-state index is 0.298. The normalized spacial score (nSPS) is 10.2. The topological polar surface area (TPSA) is 59.2 Å². The number of H-pyrrole nitrogens is 1. The van der Waals surface area contributed by atoms with E-state index in [2.05, 4.69) is 27.6 Å². The molecule has 0 spiro atoms. The van der Waals surface area contributed by atoms with Crippen LogP contribution in [0.5, 0.6) is 0 Å². The summed E-state index contributed by atoms with van der Waals surface area (Å²) in [5, 5.41) is 0. The molecular weight excluding hydrogens is 357 g/mol. The maximum Gasteiger partial charge on any atom is 0.340 e. The smallest absolute Gasteiger partial charge is 0.340 e. The molecule has 0 unspecified atom stereocenters. The fraction of sp³-hybridized carbons (Fsp3) is 0.143. The van der Waals surface area contributed by atoms with E-state index in [1.807, 2.05) is 24.3 Å². The SMILES string of the molecule is CCOC(=O)c1c[nH]c(C=O)c1-c1ccc(I)cc1. The predicted molar refractivity (Wildman–Crippen MR) is 80.3 cm³/mol. The van der Waals surface area contributed by atoms with Crippen molar-refractivity contribution in [1.29, 1.82) is 0 Å². The van der Waals surface area contributed by atoms with Crippen LogP contribution < -0.4 is 0 Å². The fourth-order valence-corrected chi connectivity index (χ4v) is 2.19. The molecule has 0 amide bonds. The molecule has 0 bridgehead atoms. The first kappa shape index (κ1) is 13.8. The monoisotopic (exact) mass is 369 g/mol. The fourth-order valence-electron chi connectivity index (χ4n) is 1.83. The molecular formula is C14H12INO3. The molecule has 1 N–H and O–H groups in total. The average molecular weight is 369 g/mol. The average Bonchev–Trinajstić information content (AvgIpc) is 2.83. The number of benzene rings is 1. The van der Waals surface area contributed by atoms with Gasteiger partial charge in [0.05, 0.1) is 17.9 Å². The van der Waals surface area contributed by atoms with Gasteiger partial charge in [0.25, 0.3) is 0 Å². The first-order valence-electron chi connectivity index (χ1n) is 5.77. The van der Waals surface area contributed by atoms with Crippen LogP contribution in [0.2, 0.25) is 0 Å². The van der Waals surface area contributed by atoms with Gasteiger partial charge in [0.2, 0.25) is 0 Å². The third-order valence-corrected chi connectivity index (χ3v) is 3.38. The molecule has 2 rings (SSSR count). The number of hydrogen-bond acceptors (Lipinski definition) is 3. The van der Waals surface area contributed by atoms with Crippen molar-refractivity contribution >= 4 is 34.8 Å². The van der Waals surface area contributed by atoms with Crippen molar-refractivity contribution < 1.29 is 14.3 Å². The van der Waals surface area contributed by atoms with E-state index in [1.165, 1.54) is 6.20 Å². The van der Waals surface area contributed by atoms with Gasteiger partial charge in [-0.1, -0.05) is 12.1 Å². The standard InChI is InChI=1S/C14H12INO3/c1-2-19-14(18)11-7-16-12(8-17)13(11)9-3-5-10(15)6-4-9/h3-8,16H,2H2,1H3. The van der Waals surface area contributed by atoms with E-state index in [1.54, 1.807) is 6.92 Å². The lowest BCUT2D eigenvalue weighted by Crippen LogP contribution is -2.05. The van der Waals surface area contributed by atoms with Crippen molar-refractivity contribution in [2.45, 2.75) is 6.92 Å². The summed E-state index contributed by atoms with van der Waals surface area (Å²) < 4.78 is 6.08. The molecule has 0 aliphatic rings. The number of rotatable bonds is 4. The Labute approximate surface area is 124 Å². The van der Waals surface area contributed by atoms with Gasteiger partial charge in [-0.15, -0.1) is 0 Å². The van der Waals surface area contributed by atoms with E-state index >= 15 is 0 Å². The zero-order chi connectivity index (χ0) is 13.8. The Morgan fingerprint density at radius 1 is 1.37 bits per heavy atom. The van der Waals surface area contributed by atoms with Crippen LogP contribution in [0.25, 0.3) is 11.1 Å². The maximum absolute atomic E-state index is 11.9. The summed E-state index contributed by atoms with van der Waals surface area (Å²) in [5.74, 6) is -0.430. The van der Waals surface area contributed by atoms with E-state index < -0.39 is 5.97 Å². The van der Waals surface area contributed by atoms with Gasteiger partial charge >= 0.3 is 5.97 Å². The number of carbonyl (C=O) groups is 2. The molecule has 0 radical (unpaired) electrons. The second-order valence-electron chi connectivity index (χ2n) is 3.84. The van der Waals surface area contributed by atoms with Crippen LogP contribution >= 0.6 is 22.6 Å². The molecule has 0 atom stereocenters.